The Kier molecular flexibility index (Phi) is 8.81. The highest BCUT2D eigenvalue weighted by Crippen LogP contribution is 2.71. The Balaban J connectivity index is 0.922. The predicted molar refractivity (Wildman–Crippen MR) is 281 cm³/mol. The summed E-state index contributed by atoms with van der Waals surface area (Å²) in [6.07, 6.45) is 11.6. The molecule has 0 radical (unpaired) electrons. The molecule has 0 aromatic heterocycles. The molecule has 8 bridgehead atoms. The number of benzene rings is 4. The van der Waals surface area contributed by atoms with Gasteiger partial charge in [-0.05, 0) is 168 Å². The zero-order chi connectivity index (χ0) is 45.4. The average Bonchev–Trinajstić information content (AvgIpc) is 3.26. The van der Waals surface area contributed by atoms with Gasteiger partial charge in [0.1, 0.15) is 0 Å². The van der Waals surface area contributed by atoms with Crippen LogP contribution in [0.3, 0.4) is 0 Å². The maximum Gasteiger partial charge on any atom is 0.182 e. The Morgan fingerprint density at radius 3 is 1.23 bits per heavy atom. The fourth-order valence-electron chi connectivity index (χ4n) is 21.1. The van der Waals surface area contributed by atoms with Gasteiger partial charge in [-0.1, -0.05) is 211 Å². The van der Waals surface area contributed by atoms with Crippen LogP contribution in [0.15, 0.2) is 60.7 Å². The Morgan fingerprint density at radius 2 is 0.815 bits per heavy atom. The van der Waals surface area contributed by atoms with Gasteiger partial charge in [0.25, 0.3) is 0 Å². The van der Waals surface area contributed by atoms with Crippen molar-refractivity contribution in [1.29, 1.82) is 0 Å². The second-order valence-corrected chi connectivity index (χ2v) is 29.1. The van der Waals surface area contributed by atoms with Crippen molar-refractivity contribution in [3.05, 3.63) is 71.8 Å². The number of hydrogen-bond acceptors (Lipinski definition) is 0. The van der Waals surface area contributed by atoms with Crippen LogP contribution in [-0.2, 0) is 5.41 Å². The van der Waals surface area contributed by atoms with Crippen LogP contribution in [0.25, 0.3) is 32.7 Å². The third-order valence-corrected chi connectivity index (χ3v) is 25.9. The summed E-state index contributed by atoms with van der Waals surface area (Å²) < 4.78 is 0. The summed E-state index contributed by atoms with van der Waals surface area (Å²) in [4.78, 5) is 0. The van der Waals surface area contributed by atoms with Crippen molar-refractivity contribution in [3.8, 4) is 11.1 Å². The van der Waals surface area contributed by atoms with Gasteiger partial charge in [-0.25, -0.2) is 0 Å². The van der Waals surface area contributed by atoms with E-state index in [4.69, 9.17) is 0 Å². The molecule has 342 valence electrons. The lowest BCUT2D eigenvalue weighted by atomic mass is 9.19. The molecule has 2 heteroatoms. The molecule has 0 spiro atoms. The summed E-state index contributed by atoms with van der Waals surface area (Å²) in [6, 6.07) is 26.2. The fourth-order valence-corrected chi connectivity index (χ4v) is 21.1. The Hall–Kier alpha value is -2.47. The minimum atomic E-state index is -0.0719. The molecular formula is C63H84B2. The molecule has 4 aromatic rings. The van der Waals surface area contributed by atoms with Crippen LogP contribution in [-0.4, -0.2) is 13.4 Å². The third kappa shape index (κ3) is 5.37. The van der Waals surface area contributed by atoms with Crippen LogP contribution in [0, 0.1) is 92.7 Å². The van der Waals surface area contributed by atoms with E-state index in [2.05, 4.69) is 158 Å². The quantitative estimate of drug-likeness (QED) is 0.134. The highest BCUT2D eigenvalue weighted by molar-refractivity contribution is 6.77. The molecule has 13 aliphatic carbocycles. The van der Waals surface area contributed by atoms with E-state index in [9.17, 15) is 0 Å². The Morgan fingerprint density at radius 1 is 0.400 bits per heavy atom. The highest BCUT2D eigenvalue weighted by Gasteiger charge is 2.64. The topological polar surface area (TPSA) is 0 Å². The predicted octanol–water partition coefficient (Wildman–Crippen LogP) is 16.0. The van der Waals surface area contributed by atoms with Gasteiger partial charge < -0.3 is 0 Å². The maximum absolute atomic E-state index is 2.81. The molecule has 0 saturated heterocycles. The SMILES string of the molecule is CC1C(B(c2ccc3c(c2)C(C)(C)c2cccc4c2c-3cc2ccc(B(C3CC5CC(C3C)C5(C)C)C3CC5CC(C3C)C5(C)C)cc24)C2CC3CC(C2C)C3(C)C)CC2CC1C2(C)C. The lowest BCUT2D eigenvalue weighted by Gasteiger charge is -2.66. The van der Waals surface area contributed by atoms with E-state index in [1.807, 2.05) is 0 Å². The minimum absolute atomic E-state index is 0.0719. The van der Waals surface area contributed by atoms with Crippen molar-refractivity contribution in [2.45, 2.75) is 177 Å². The summed E-state index contributed by atoms with van der Waals surface area (Å²) in [5.41, 5.74) is 11.5. The molecule has 0 aliphatic heterocycles. The van der Waals surface area contributed by atoms with E-state index in [1.165, 1.54) is 84.0 Å². The van der Waals surface area contributed by atoms with Gasteiger partial charge in [-0.2, -0.15) is 0 Å². The molecule has 16 unspecified atom stereocenters. The van der Waals surface area contributed by atoms with E-state index >= 15 is 0 Å². The minimum Gasteiger partial charge on any atom is -0.0791 e. The summed E-state index contributed by atoms with van der Waals surface area (Å²) in [5.74, 6) is 13.5. The fraction of sp³-hybridized carbons (Fsp3) is 0.683. The first-order chi connectivity index (χ1) is 30.6. The van der Waals surface area contributed by atoms with E-state index in [0.717, 1.165) is 94.3 Å². The first kappa shape index (κ1) is 42.6. The molecule has 0 heterocycles. The normalized spacial score (nSPS) is 42.1. The molecule has 16 atom stereocenters. The van der Waals surface area contributed by atoms with Gasteiger partial charge in [0, 0.05) is 5.41 Å². The van der Waals surface area contributed by atoms with Crippen molar-refractivity contribution in [3.63, 3.8) is 0 Å². The van der Waals surface area contributed by atoms with Crippen molar-refractivity contribution in [1.82, 2.24) is 0 Å². The monoisotopic (exact) mass is 863 g/mol. The van der Waals surface area contributed by atoms with Crippen LogP contribution in [0.1, 0.15) is 159 Å². The standard InChI is InChI=1S/C63H84B2/c1-33-49-23-38(59(49,5)6)27-54(33)64(55-28-39-24-50(34(55)2)60(39,7)8)42-19-18-37-22-47-44-21-20-43(32-53(44)63(13,14)48-17-15-16-45(58(47)48)46(37)31-42)65(56-29-40-25-51(35(56)3)61(40,9)10)57-30-41-26-52(36(57)4)62(41,11)12/h15-22,31-36,38-41,49-52,54-57H,23-30H2,1-14H3. The van der Waals surface area contributed by atoms with Gasteiger partial charge in [0.15, 0.2) is 13.4 Å². The summed E-state index contributed by atoms with van der Waals surface area (Å²) in [7, 11) is 0. The molecule has 0 nitrogen and oxygen atoms in total. The molecule has 0 N–H and O–H groups in total. The molecular weight excluding hydrogens is 778 g/mol. The van der Waals surface area contributed by atoms with Gasteiger partial charge in [0.05, 0.1) is 0 Å². The van der Waals surface area contributed by atoms with Crippen molar-refractivity contribution in [2.75, 3.05) is 0 Å². The van der Waals surface area contributed by atoms with E-state index in [1.54, 1.807) is 22.1 Å². The van der Waals surface area contributed by atoms with Crippen LogP contribution < -0.4 is 10.9 Å². The zero-order valence-corrected chi connectivity index (χ0v) is 43.3. The van der Waals surface area contributed by atoms with Crippen LogP contribution >= 0.6 is 0 Å². The van der Waals surface area contributed by atoms with Gasteiger partial charge in [-0.3, -0.25) is 0 Å². The lowest BCUT2D eigenvalue weighted by molar-refractivity contribution is -0.107. The van der Waals surface area contributed by atoms with Gasteiger partial charge in [0.2, 0.25) is 0 Å². The highest BCUT2D eigenvalue weighted by atomic mass is 14.6. The second kappa shape index (κ2) is 13.4. The summed E-state index contributed by atoms with van der Waals surface area (Å²) in [6.45, 7) is 38.1. The smallest absolute Gasteiger partial charge is 0.0791 e. The van der Waals surface area contributed by atoms with Crippen molar-refractivity contribution < 1.29 is 0 Å². The van der Waals surface area contributed by atoms with Crippen molar-refractivity contribution in [2.24, 2.45) is 92.7 Å². The molecule has 4 aromatic carbocycles. The van der Waals surface area contributed by atoms with E-state index in [0.29, 0.717) is 35.1 Å². The number of hydrogen-bond donors (Lipinski definition) is 0. The van der Waals surface area contributed by atoms with Crippen LogP contribution in [0.5, 0.6) is 0 Å². The number of fused-ring (bicyclic) bond motifs is 12. The van der Waals surface area contributed by atoms with E-state index < -0.39 is 0 Å². The summed E-state index contributed by atoms with van der Waals surface area (Å²) >= 11 is 0. The second-order valence-electron chi connectivity index (χ2n) is 29.1. The largest absolute Gasteiger partial charge is 0.182 e. The molecule has 12 saturated carbocycles. The zero-order valence-electron chi connectivity index (χ0n) is 43.3. The van der Waals surface area contributed by atoms with Crippen LogP contribution in [0.2, 0.25) is 23.3 Å². The molecule has 13 aliphatic rings. The molecule has 12 fully saturated rings. The van der Waals surface area contributed by atoms with Gasteiger partial charge in [-0.15, -0.1) is 0 Å². The van der Waals surface area contributed by atoms with E-state index in [-0.39, 0.29) is 5.41 Å². The number of rotatable bonds is 6. The molecule has 0 amide bonds. The molecule has 65 heavy (non-hydrogen) atoms. The average molecular weight is 863 g/mol. The first-order valence-electron chi connectivity index (χ1n) is 27.8. The Labute approximate surface area is 396 Å². The summed E-state index contributed by atoms with van der Waals surface area (Å²) in [5, 5.41) is 5.97. The molecule has 17 rings (SSSR count). The maximum atomic E-state index is 2.81. The first-order valence-corrected chi connectivity index (χ1v) is 27.8. The van der Waals surface area contributed by atoms with Gasteiger partial charge >= 0.3 is 0 Å². The lowest BCUT2D eigenvalue weighted by Crippen LogP contribution is -2.62. The Bertz CT molecular complexity index is 2560. The van der Waals surface area contributed by atoms with Crippen molar-refractivity contribution >= 4 is 45.9 Å². The third-order valence-electron chi connectivity index (χ3n) is 25.9. The van der Waals surface area contributed by atoms with Crippen LogP contribution in [0.4, 0.5) is 0 Å².